The van der Waals surface area contributed by atoms with E-state index in [0.717, 1.165) is 42.0 Å². The molecule has 0 aliphatic carbocycles. The molecule has 0 spiro atoms. The van der Waals surface area contributed by atoms with Crippen LogP contribution in [0.25, 0.3) is 11.5 Å². The molecule has 1 amide bonds. The lowest BCUT2D eigenvalue weighted by atomic mass is 9.97. The van der Waals surface area contributed by atoms with E-state index in [4.69, 9.17) is 18.9 Å². The van der Waals surface area contributed by atoms with Gasteiger partial charge in [0.2, 0.25) is 11.8 Å². The second kappa shape index (κ2) is 10.0. The highest BCUT2D eigenvalue weighted by molar-refractivity contribution is 5.79. The molecule has 1 fully saturated rings. The quantitative estimate of drug-likeness (QED) is 0.686. The van der Waals surface area contributed by atoms with Crippen molar-refractivity contribution in [3.8, 4) is 11.5 Å². The summed E-state index contributed by atoms with van der Waals surface area (Å²) >= 11 is 0. The summed E-state index contributed by atoms with van der Waals surface area (Å²) in [6, 6.07) is 8.09. The minimum Gasteiger partial charge on any atom is -0.441 e. The molecule has 1 saturated heterocycles. The summed E-state index contributed by atoms with van der Waals surface area (Å²) in [4.78, 5) is 19.6. The number of amides is 1. The minimum absolute atomic E-state index is 0.0406. The lowest BCUT2D eigenvalue weighted by molar-refractivity contribution is -0.132. The van der Waals surface area contributed by atoms with Crippen molar-refractivity contribution in [2.24, 2.45) is 5.92 Å². The van der Waals surface area contributed by atoms with Crippen molar-refractivity contribution in [3.05, 3.63) is 41.3 Å². The largest absolute Gasteiger partial charge is 0.441 e. The van der Waals surface area contributed by atoms with Crippen LogP contribution >= 0.6 is 0 Å². The van der Waals surface area contributed by atoms with Gasteiger partial charge in [0.15, 0.2) is 6.29 Å². The molecule has 7 heteroatoms. The van der Waals surface area contributed by atoms with Gasteiger partial charge in [0.25, 0.3) is 0 Å². The smallest absolute Gasteiger partial charge is 0.226 e. The van der Waals surface area contributed by atoms with Crippen molar-refractivity contribution < 1.29 is 18.7 Å². The lowest BCUT2D eigenvalue weighted by Crippen LogP contribution is -2.44. The van der Waals surface area contributed by atoms with Gasteiger partial charge < -0.3 is 19.2 Å². The van der Waals surface area contributed by atoms with Crippen LogP contribution in [0.2, 0.25) is 0 Å². The highest BCUT2D eigenvalue weighted by atomic mass is 16.7. The number of hydrogen-bond donors (Lipinski definition) is 1. The van der Waals surface area contributed by atoms with Crippen LogP contribution in [0.15, 0.2) is 28.7 Å². The van der Waals surface area contributed by atoms with Crippen LogP contribution in [0.1, 0.15) is 29.9 Å². The summed E-state index contributed by atoms with van der Waals surface area (Å²) in [6.07, 6.45) is 1.45. The van der Waals surface area contributed by atoms with Gasteiger partial charge in [-0.3, -0.25) is 9.69 Å². The number of nitrogens with zero attached hydrogens (tertiary/aromatic N) is 2. The van der Waals surface area contributed by atoms with Crippen LogP contribution in [0, 0.1) is 19.8 Å². The molecule has 158 valence electrons. The van der Waals surface area contributed by atoms with Crippen molar-refractivity contribution in [1.82, 2.24) is 15.2 Å². The molecule has 29 heavy (non-hydrogen) atoms. The minimum atomic E-state index is -0.420. The molecule has 0 bridgehead atoms. The molecule has 1 aromatic carbocycles. The van der Waals surface area contributed by atoms with Crippen molar-refractivity contribution in [2.45, 2.75) is 39.5 Å². The zero-order chi connectivity index (χ0) is 20.8. The summed E-state index contributed by atoms with van der Waals surface area (Å²) in [5.74, 6) is 1.50. The standard InChI is InChI=1S/C22H31N3O4/c1-15-8-5-6-10-18(15)22-24-19(16(2)29-22)14-25-11-7-9-17(13-25)21(26)23-12-20(27-3)28-4/h5-6,8,10,17,20H,7,9,11-14H2,1-4H3,(H,23,26). The molecular formula is C22H31N3O4. The third-order valence-corrected chi connectivity index (χ3v) is 5.49. The van der Waals surface area contributed by atoms with Crippen molar-refractivity contribution in [2.75, 3.05) is 33.9 Å². The molecular weight excluding hydrogens is 370 g/mol. The SMILES string of the molecule is COC(CNC(=O)C1CCCN(Cc2nc(-c3ccccc3C)oc2C)C1)OC. The number of nitrogens with one attached hydrogen (secondary N) is 1. The first-order valence-corrected chi connectivity index (χ1v) is 10.1. The number of likely N-dealkylation sites (tertiary alicyclic amines) is 1. The number of rotatable bonds is 8. The Morgan fingerprint density at radius 3 is 2.79 bits per heavy atom. The highest BCUT2D eigenvalue weighted by Gasteiger charge is 2.27. The van der Waals surface area contributed by atoms with Crippen LogP contribution in [0.5, 0.6) is 0 Å². The number of oxazole rings is 1. The van der Waals surface area contributed by atoms with E-state index >= 15 is 0 Å². The molecule has 2 aromatic rings. The summed E-state index contributed by atoms with van der Waals surface area (Å²) in [5.41, 5.74) is 3.09. The van der Waals surface area contributed by atoms with Crippen molar-refractivity contribution in [3.63, 3.8) is 0 Å². The number of ether oxygens (including phenoxy) is 2. The predicted molar refractivity (Wildman–Crippen MR) is 110 cm³/mol. The Balaban J connectivity index is 1.61. The van der Waals surface area contributed by atoms with Gasteiger partial charge in [0.1, 0.15) is 5.76 Å². The number of carbonyl (C=O) groups excluding carboxylic acids is 1. The van der Waals surface area contributed by atoms with Crippen LogP contribution in [0.3, 0.4) is 0 Å². The van der Waals surface area contributed by atoms with Crippen LogP contribution in [0.4, 0.5) is 0 Å². The fraction of sp³-hybridized carbons (Fsp3) is 0.545. The first-order chi connectivity index (χ1) is 14.0. The molecule has 0 radical (unpaired) electrons. The van der Waals surface area contributed by atoms with Gasteiger partial charge >= 0.3 is 0 Å². The van der Waals surface area contributed by atoms with Gasteiger partial charge in [-0.25, -0.2) is 4.98 Å². The van der Waals surface area contributed by atoms with E-state index in [0.29, 0.717) is 25.5 Å². The van der Waals surface area contributed by atoms with Crippen LogP contribution in [-0.4, -0.2) is 55.9 Å². The maximum atomic E-state index is 12.5. The van der Waals surface area contributed by atoms with Crippen LogP contribution in [-0.2, 0) is 20.8 Å². The molecule has 0 saturated carbocycles. The van der Waals surface area contributed by atoms with Gasteiger partial charge in [-0.15, -0.1) is 0 Å². The normalized spacial score (nSPS) is 17.6. The fourth-order valence-corrected chi connectivity index (χ4v) is 3.72. The Morgan fingerprint density at radius 1 is 1.31 bits per heavy atom. The maximum Gasteiger partial charge on any atom is 0.226 e. The van der Waals surface area contributed by atoms with E-state index in [9.17, 15) is 4.79 Å². The first-order valence-electron chi connectivity index (χ1n) is 10.1. The number of carbonyl (C=O) groups is 1. The number of aromatic nitrogens is 1. The molecule has 2 heterocycles. The molecule has 1 N–H and O–H groups in total. The second-order valence-corrected chi connectivity index (χ2v) is 7.56. The van der Waals surface area contributed by atoms with Crippen LogP contribution < -0.4 is 5.32 Å². The Bertz CT molecular complexity index is 816. The Morgan fingerprint density at radius 2 is 2.07 bits per heavy atom. The molecule has 1 aliphatic rings. The van der Waals surface area contributed by atoms with Gasteiger partial charge in [-0.2, -0.15) is 0 Å². The average Bonchev–Trinajstić information content (AvgIpc) is 3.09. The molecule has 1 atom stereocenters. The summed E-state index contributed by atoms with van der Waals surface area (Å²) in [5, 5.41) is 2.93. The lowest BCUT2D eigenvalue weighted by Gasteiger charge is -2.31. The molecule has 3 rings (SSSR count). The molecule has 7 nitrogen and oxygen atoms in total. The van der Waals surface area contributed by atoms with Gasteiger partial charge in [0, 0.05) is 32.9 Å². The summed E-state index contributed by atoms with van der Waals surface area (Å²) < 4.78 is 16.2. The Kier molecular flexibility index (Phi) is 7.41. The topological polar surface area (TPSA) is 76.8 Å². The Labute approximate surface area is 172 Å². The zero-order valence-electron chi connectivity index (χ0n) is 17.7. The number of aryl methyl sites for hydroxylation is 2. The molecule has 1 aromatic heterocycles. The summed E-state index contributed by atoms with van der Waals surface area (Å²) in [6.45, 7) is 6.71. The van der Waals surface area contributed by atoms with E-state index in [2.05, 4.69) is 23.2 Å². The fourth-order valence-electron chi connectivity index (χ4n) is 3.72. The third kappa shape index (κ3) is 5.44. The maximum absolute atomic E-state index is 12.5. The Hall–Kier alpha value is -2.22. The molecule has 1 unspecified atom stereocenters. The monoisotopic (exact) mass is 401 g/mol. The van der Waals surface area contributed by atoms with Crippen molar-refractivity contribution >= 4 is 5.91 Å². The third-order valence-electron chi connectivity index (χ3n) is 5.49. The number of piperidine rings is 1. The first kappa shape index (κ1) is 21.5. The summed E-state index contributed by atoms with van der Waals surface area (Å²) in [7, 11) is 3.13. The van der Waals surface area contributed by atoms with Crippen molar-refractivity contribution in [1.29, 1.82) is 0 Å². The van der Waals surface area contributed by atoms with E-state index < -0.39 is 6.29 Å². The predicted octanol–water partition coefficient (Wildman–Crippen LogP) is 2.91. The zero-order valence-corrected chi connectivity index (χ0v) is 17.7. The van der Waals surface area contributed by atoms with Gasteiger partial charge in [-0.05, 0) is 44.9 Å². The number of hydrogen-bond acceptors (Lipinski definition) is 6. The van der Waals surface area contributed by atoms with E-state index in [1.807, 2.05) is 25.1 Å². The van der Waals surface area contributed by atoms with Gasteiger partial charge in [-0.1, -0.05) is 18.2 Å². The number of methoxy groups -OCH3 is 2. The molecule has 1 aliphatic heterocycles. The second-order valence-electron chi connectivity index (χ2n) is 7.56. The van der Waals surface area contributed by atoms with E-state index in [1.54, 1.807) is 14.2 Å². The highest BCUT2D eigenvalue weighted by Crippen LogP contribution is 2.26. The van der Waals surface area contributed by atoms with E-state index in [-0.39, 0.29) is 11.8 Å². The average molecular weight is 402 g/mol. The van der Waals surface area contributed by atoms with Gasteiger partial charge in [0.05, 0.1) is 18.2 Å². The number of benzene rings is 1. The van der Waals surface area contributed by atoms with E-state index in [1.165, 1.54) is 0 Å².